The molecule has 4 rings (SSSR count). The van der Waals surface area contributed by atoms with Crippen molar-refractivity contribution in [1.29, 1.82) is 0 Å². The van der Waals surface area contributed by atoms with Gasteiger partial charge in [0, 0.05) is 33.5 Å². The van der Waals surface area contributed by atoms with Gasteiger partial charge in [0.15, 0.2) is 0 Å². The summed E-state index contributed by atoms with van der Waals surface area (Å²) in [4.78, 5) is 33.4. The lowest BCUT2D eigenvalue weighted by molar-refractivity contribution is -0.137. The predicted octanol–water partition coefficient (Wildman–Crippen LogP) is 6.54. The number of cyclic esters (lactones) is 1. The van der Waals surface area contributed by atoms with E-state index in [1.54, 1.807) is 30.3 Å². The van der Waals surface area contributed by atoms with Gasteiger partial charge in [-0.2, -0.15) is 13.2 Å². The molecule has 0 saturated carbocycles. The number of pyridine rings is 1. The van der Waals surface area contributed by atoms with E-state index < -0.39 is 35.5 Å². The largest absolute Gasteiger partial charge is 0.446 e. The number of ether oxygens (including phenoxy) is 1. The maximum absolute atomic E-state index is 13.7. The van der Waals surface area contributed by atoms with Crippen LogP contribution in [0.25, 0.3) is 16.0 Å². The van der Waals surface area contributed by atoms with Gasteiger partial charge >= 0.3 is 12.3 Å². The molecule has 2 aromatic carbocycles. The molecule has 1 aromatic heterocycles. The van der Waals surface area contributed by atoms with Crippen molar-refractivity contribution in [1.82, 2.24) is 9.88 Å². The van der Waals surface area contributed by atoms with E-state index in [0.29, 0.717) is 16.8 Å². The molecular formula is C24H15ClF3N5O3. The third-order valence-corrected chi connectivity index (χ3v) is 5.60. The molecule has 0 bridgehead atoms. The minimum atomic E-state index is -4.73. The molecule has 0 N–H and O–H groups in total. The zero-order valence-corrected chi connectivity index (χ0v) is 18.9. The number of azide groups is 1. The van der Waals surface area contributed by atoms with Gasteiger partial charge in [-0.05, 0) is 34.9 Å². The Balaban J connectivity index is 1.95. The Morgan fingerprint density at radius 3 is 2.44 bits per heavy atom. The molecule has 36 heavy (non-hydrogen) atoms. The Morgan fingerprint density at radius 1 is 1.11 bits per heavy atom. The van der Waals surface area contributed by atoms with Crippen molar-refractivity contribution in [3.8, 4) is 0 Å². The van der Waals surface area contributed by atoms with Gasteiger partial charge in [-0.25, -0.2) is 9.69 Å². The first-order chi connectivity index (χ1) is 17.2. The summed E-state index contributed by atoms with van der Waals surface area (Å²) in [5.41, 5.74) is 8.03. The molecule has 0 radical (unpaired) electrons. The molecule has 8 nitrogen and oxygen atoms in total. The smallest absolute Gasteiger partial charge is 0.417 e. The first kappa shape index (κ1) is 24.8. The number of carbonyl (C=O) groups is 2. The van der Waals surface area contributed by atoms with E-state index in [0.717, 1.165) is 17.2 Å². The fraction of sp³-hybridized carbons (Fsp3) is 0.125. The number of benzene rings is 2. The highest BCUT2D eigenvalue weighted by Gasteiger charge is 2.41. The van der Waals surface area contributed by atoms with Crippen LogP contribution in [-0.2, 0) is 15.7 Å². The maximum atomic E-state index is 13.7. The Bertz CT molecular complexity index is 1390. The monoisotopic (exact) mass is 513 g/mol. The number of halogens is 4. The standard InChI is InChI=1S/C24H15ClF3N5O3/c25-18-8-6-15(7-9-18)20(16-10-17(12-30-11-16)24(26,27)28)21(31-32-29)22(34)33-19(13-36-23(33)35)14-4-2-1-3-5-14/h1-12,19H,13H2/b21-20-/t19-/m1/s1. The van der Waals surface area contributed by atoms with Crippen LogP contribution in [0.2, 0.25) is 5.02 Å². The topological polar surface area (TPSA) is 108 Å². The van der Waals surface area contributed by atoms with E-state index in [1.807, 2.05) is 0 Å². The average Bonchev–Trinajstić information content (AvgIpc) is 3.26. The van der Waals surface area contributed by atoms with Crippen molar-refractivity contribution in [2.75, 3.05) is 6.61 Å². The van der Waals surface area contributed by atoms with Gasteiger partial charge in [0.1, 0.15) is 18.3 Å². The Morgan fingerprint density at radius 2 is 1.81 bits per heavy atom. The lowest BCUT2D eigenvalue weighted by Gasteiger charge is -2.22. The second kappa shape index (κ2) is 10.1. The fourth-order valence-corrected chi connectivity index (χ4v) is 3.84. The quantitative estimate of drug-likeness (QED) is 0.167. The van der Waals surface area contributed by atoms with Gasteiger partial charge in [-0.3, -0.25) is 9.78 Å². The highest BCUT2D eigenvalue weighted by atomic mass is 35.5. The second-order valence-electron chi connectivity index (χ2n) is 7.56. The summed E-state index contributed by atoms with van der Waals surface area (Å²) in [6, 6.07) is 14.2. The Kier molecular flexibility index (Phi) is 6.96. The molecule has 1 atom stereocenters. The summed E-state index contributed by atoms with van der Waals surface area (Å²) in [7, 11) is 0. The number of aromatic nitrogens is 1. The molecule has 0 unspecified atom stereocenters. The van der Waals surface area contributed by atoms with Crippen LogP contribution in [0.1, 0.15) is 28.3 Å². The number of imide groups is 1. The molecule has 0 spiro atoms. The Hall–Kier alpha value is -4.34. The lowest BCUT2D eigenvalue weighted by Crippen LogP contribution is -2.35. The third kappa shape index (κ3) is 5.02. The summed E-state index contributed by atoms with van der Waals surface area (Å²) in [5, 5.41) is 3.84. The molecule has 0 aliphatic carbocycles. The van der Waals surface area contributed by atoms with Crippen LogP contribution in [0.3, 0.4) is 0 Å². The van der Waals surface area contributed by atoms with Gasteiger partial charge in [0.2, 0.25) is 0 Å². The molecule has 3 aromatic rings. The number of hydrogen-bond acceptors (Lipinski definition) is 5. The Labute approximate surface area is 207 Å². The first-order valence-electron chi connectivity index (χ1n) is 10.3. The summed E-state index contributed by atoms with van der Waals surface area (Å²) in [6.45, 7) is -0.153. The summed E-state index contributed by atoms with van der Waals surface area (Å²) >= 11 is 5.96. The number of carbonyl (C=O) groups excluding carboxylic acids is 2. The average molecular weight is 514 g/mol. The van der Waals surface area contributed by atoms with Crippen molar-refractivity contribution in [2.45, 2.75) is 12.2 Å². The van der Waals surface area contributed by atoms with E-state index in [-0.39, 0.29) is 23.3 Å². The summed E-state index contributed by atoms with van der Waals surface area (Å²) in [5.74, 6) is -1.05. The van der Waals surface area contributed by atoms with Gasteiger partial charge in [-0.1, -0.05) is 59.2 Å². The van der Waals surface area contributed by atoms with Crippen LogP contribution >= 0.6 is 11.6 Å². The number of rotatable bonds is 5. The van der Waals surface area contributed by atoms with E-state index in [2.05, 4.69) is 15.0 Å². The molecular weight excluding hydrogens is 499 g/mol. The normalized spacial score (nSPS) is 16.2. The predicted molar refractivity (Wildman–Crippen MR) is 123 cm³/mol. The van der Waals surface area contributed by atoms with Crippen molar-refractivity contribution in [3.63, 3.8) is 0 Å². The van der Waals surface area contributed by atoms with E-state index in [4.69, 9.17) is 16.3 Å². The van der Waals surface area contributed by atoms with Crippen LogP contribution in [0.4, 0.5) is 18.0 Å². The molecule has 1 saturated heterocycles. The van der Waals surface area contributed by atoms with Crippen molar-refractivity contribution >= 4 is 29.2 Å². The van der Waals surface area contributed by atoms with Gasteiger partial charge in [0.25, 0.3) is 5.91 Å². The molecule has 1 aliphatic heterocycles. The minimum Gasteiger partial charge on any atom is -0.446 e. The van der Waals surface area contributed by atoms with Crippen LogP contribution in [-0.4, -0.2) is 28.5 Å². The van der Waals surface area contributed by atoms with Gasteiger partial charge in [-0.15, -0.1) is 0 Å². The van der Waals surface area contributed by atoms with Crippen LogP contribution in [0, 0.1) is 0 Å². The number of hydrogen-bond donors (Lipinski definition) is 0. The molecule has 182 valence electrons. The van der Waals surface area contributed by atoms with Crippen LogP contribution < -0.4 is 0 Å². The first-order valence-corrected chi connectivity index (χ1v) is 10.7. The van der Waals surface area contributed by atoms with Gasteiger partial charge < -0.3 is 4.74 Å². The number of nitrogens with zero attached hydrogens (tertiary/aromatic N) is 5. The minimum absolute atomic E-state index is 0.153. The van der Waals surface area contributed by atoms with Crippen LogP contribution in [0.5, 0.6) is 0 Å². The fourth-order valence-electron chi connectivity index (χ4n) is 3.71. The molecule has 2 heterocycles. The van der Waals surface area contributed by atoms with Crippen molar-refractivity contribution in [2.24, 2.45) is 5.11 Å². The lowest BCUT2D eigenvalue weighted by atomic mass is 9.95. The van der Waals surface area contributed by atoms with E-state index in [9.17, 15) is 28.3 Å². The number of alkyl halides is 3. The van der Waals surface area contributed by atoms with Crippen LogP contribution in [0.15, 0.2) is 83.9 Å². The van der Waals surface area contributed by atoms with Crippen molar-refractivity contribution in [3.05, 3.63) is 116 Å². The molecule has 12 heteroatoms. The SMILES string of the molecule is [N-]=[N+]=N/C(C(=O)N1C(=O)OC[C@@H]1c1ccccc1)=C(/c1ccc(Cl)cc1)c1cncc(C(F)(F)F)c1. The summed E-state index contributed by atoms with van der Waals surface area (Å²) in [6.07, 6.45) is -4.00. The molecule has 1 aliphatic rings. The van der Waals surface area contributed by atoms with Crippen molar-refractivity contribution < 1.29 is 27.5 Å². The zero-order chi connectivity index (χ0) is 25.9. The highest BCUT2D eigenvalue weighted by molar-refractivity contribution is 6.30. The highest BCUT2D eigenvalue weighted by Crippen LogP contribution is 2.36. The maximum Gasteiger partial charge on any atom is 0.417 e. The molecule has 2 amide bonds. The van der Waals surface area contributed by atoms with E-state index >= 15 is 0 Å². The van der Waals surface area contributed by atoms with E-state index in [1.165, 1.54) is 24.3 Å². The zero-order valence-electron chi connectivity index (χ0n) is 18.2. The number of amides is 2. The molecule has 1 fully saturated rings. The summed E-state index contributed by atoms with van der Waals surface area (Å²) < 4.78 is 45.4. The second-order valence-corrected chi connectivity index (χ2v) is 7.99. The van der Waals surface area contributed by atoms with Gasteiger partial charge in [0.05, 0.1) is 5.56 Å². The third-order valence-electron chi connectivity index (χ3n) is 5.35.